The van der Waals surface area contributed by atoms with Gasteiger partial charge in [-0.3, -0.25) is 0 Å². The Morgan fingerprint density at radius 1 is 1.62 bits per heavy atom. The Kier molecular flexibility index (Phi) is 3.01. The molecule has 1 aliphatic heterocycles. The number of hydrogen-bond donors (Lipinski definition) is 1. The van der Waals surface area contributed by atoms with E-state index in [1.807, 2.05) is 6.92 Å². The highest BCUT2D eigenvalue weighted by Gasteiger charge is 2.27. The highest BCUT2D eigenvalue weighted by Crippen LogP contribution is 2.19. The number of nitrogens with one attached hydrogen (secondary N) is 1. The molecule has 0 saturated carbocycles. The lowest BCUT2D eigenvalue weighted by molar-refractivity contribution is 0.140. The van der Waals surface area contributed by atoms with Gasteiger partial charge < -0.3 is 10.2 Å². The molecule has 1 fully saturated rings. The first-order valence-electron chi connectivity index (χ1n) is 5.24. The Labute approximate surface area is 99.6 Å². The maximum Gasteiger partial charge on any atom is 0.321 e. The van der Waals surface area contributed by atoms with Crippen molar-refractivity contribution in [3.05, 3.63) is 23.0 Å². The Balaban J connectivity index is 2.01. The first-order chi connectivity index (χ1) is 7.56. The van der Waals surface area contributed by atoms with Gasteiger partial charge >= 0.3 is 6.03 Å². The number of rotatable bonds is 1. The molecule has 16 heavy (non-hydrogen) atoms. The van der Waals surface area contributed by atoms with Gasteiger partial charge in [0.1, 0.15) is 5.15 Å². The van der Waals surface area contributed by atoms with E-state index in [1.165, 1.54) is 0 Å². The molecule has 1 N–H and O–H groups in total. The first kappa shape index (κ1) is 11.2. The third-order valence-electron chi connectivity index (χ3n) is 2.67. The van der Waals surface area contributed by atoms with E-state index in [9.17, 15) is 4.79 Å². The lowest BCUT2D eigenvalue weighted by Gasteiger charge is -2.37. The molecule has 1 saturated heterocycles. The quantitative estimate of drug-likeness (QED) is 0.766. The summed E-state index contributed by atoms with van der Waals surface area (Å²) in [6.45, 7) is 5.67. The maximum absolute atomic E-state index is 11.7. The van der Waals surface area contributed by atoms with E-state index in [0.717, 1.165) is 18.7 Å². The Morgan fingerprint density at radius 2 is 2.31 bits per heavy atom. The number of aryl methyl sites for hydroxylation is 1. The van der Waals surface area contributed by atoms with Gasteiger partial charge in [-0.05, 0) is 24.5 Å². The molecule has 0 radical (unpaired) electrons. The van der Waals surface area contributed by atoms with Crippen molar-refractivity contribution in [2.45, 2.75) is 13.8 Å². The molecule has 0 unspecified atom stereocenters. The number of carbonyl (C=O) groups is 1. The minimum atomic E-state index is -0.0645. The van der Waals surface area contributed by atoms with E-state index < -0.39 is 0 Å². The molecule has 1 aromatic rings. The molecule has 0 bridgehead atoms. The number of urea groups is 1. The van der Waals surface area contributed by atoms with Gasteiger partial charge in [0.15, 0.2) is 0 Å². The van der Waals surface area contributed by atoms with Crippen LogP contribution in [0.5, 0.6) is 0 Å². The topological polar surface area (TPSA) is 45.2 Å². The van der Waals surface area contributed by atoms with Gasteiger partial charge in [0.25, 0.3) is 0 Å². The predicted octanol–water partition coefficient (Wildman–Crippen LogP) is 2.53. The fourth-order valence-electron chi connectivity index (χ4n) is 1.71. The van der Waals surface area contributed by atoms with Crippen LogP contribution in [-0.4, -0.2) is 29.0 Å². The summed E-state index contributed by atoms with van der Waals surface area (Å²) in [5.41, 5.74) is 1.64. The van der Waals surface area contributed by atoms with Crippen LogP contribution >= 0.6 is 11.6 Å². The monoisotopic (exact) mass is 239 g/mol. The van der Waals surface area contributed by atoms with Gasteiger partial charge in [0.05, 0.1) is 11.9 Å². The molecule has 1 aliphatic rings. The predicted molar refractivity (Wildman–Crippen MR) is 63.7 cm³/mol. The first-order valence-corrected chi connectivity index (χ1v) is 5.62. The summed E-state index contributed by atoms with van der Waals surface area (Å²) < 4.78 is 0. The number of anilines is 1. The van der Waals surface area contributed by atoms with Crippen LogP contribution in [0.2, 0.25) is 5.15 Å². The van der Waals surface area contributed by atoms with E-state index in [-0.39, 0.29) is 6.03 Å². The van der Waals surface area contributed by atoms with E-state index in [2.05, 4.69) is 17.2 Å². The molecule has 2 heterocycles. The number of hydrogen-bond acceptors (Lipinski definition) is 2. The van der Waals surface area contributed by atoms with Crippen LogP contribution in [-0.2, 0) is 0 Å². The van der Waals surface area contributed by atoms with Crippen LogP contribution in [0.3, 0.4) is 0 Å². The molecule has 2 rings (SSSR count). The van der Waals surface area contributed by atoms with Crippen molar-refractivity contribution in [1.82, 2.24) is 9.88 Å². The second kappa shape index (κ2) is 4.29. The number of carbonyl (C=O) groups excluding carboxylic acids is 1. The minimum absolute atomic E-state index is 0.0645. The molecule has 86 valence electrons. The number of aromatic nitrogens is 1. The zero-order valence-corrected chi connectivity index (χ0v) is 10.1. The van der Waals surface area contributed by atoms with Crippen LogP contribution in [0.1, 0.15) is 12.5 Å². The summed E-state index contributed by atoms with van der Waals surface area (Å²) in [6, 6.07) is 1.67. The summed E-state index contributed by atoms with van der Waals surface area (Å²) in [5, 5.41) is 3.26. The second-order valence-corrected chi connectivity index (χ2v) is 4.65. The van der Waals surface area contributed by atoms with Crippen molar-refractivity contribution in [3.8, 4) is 0 Å². The van der Waals surface area contributed by atoms with Gasteiger partial charge in [-0.2, -0.15) is 0 Å². The van der Waals surface area contributed by atoms with Gasteiger partial charge in [-0.1, -0.05) is 18.5 Å². The summed E-state index contributed by atoms with van der Waals surface area (Å²) in [5.74, 6) is 0.607. The van der Waals surface area contributed by atoms with Gasteiger partial charge in [0.2, 0.25) is 0 Å². The highest BCUT2D eigenvalue weighted by molar-refractivity contribution is 6.29. The average Bonchev–Trinajstić information content (AvgIpc) is 2.17. The second-order valence-electron chi connectivity index (χ2n) is 4.26. The van der Waals surface area contributed by atoms with E-state index >= 15 is 0 Å². The van der Waals surface area contributed by atoms with Crippen molar-refractivity contribution in [1.29, 1.82) is 0 Å². The summed E-state index contributed by atoms with van der Waals surface area (Å²) in [4.78, 5) is 17.5. The van der Waals surface area contributed by atoms with Crippen molar-refractivity contribution in [2.75, 3.05) is 18.4 Å². The normalized spacial score (nSPS) is 15.8. The molecule has 0 atom stereocenters. The van der Waals surface area contributed by atoms with Crippen molar-refractivity contribution in [3.63, 3.8) is 0 Å². The third-order valence-corrected chi connectivity index (χ3v) is 2.88. The average molecular weight is 240 g/mol. The van der Waals surface area contributed by atoms with Crippen molar-refractivity contribution >= 4 is 23.3 Å². The highest BCUT2D eigenvalue weighted by atomic mass is 35.5. The summed E-state index contributed by atoms with van der Waals surface area (Å²) >= 11 is 5.74. The fraction of sp³-hybridized carbons (Fsp3) is 0.455. The Hall–Kier alpha value is -1.29. The number of halogens is 1. The van der Waals surface area contributed by atoms with E-state index in [0.29, 0.717) is 16.8 Å². The Morgan fingerprint density at radius 3 is 2.88 bits per heavy atom. The number of pyridine rings is 1. The molecule has 0 aliphatic carbocycles. The molecule has 5 heteroatoms. The molecule has 4 nitrogen and oxygen atoms in total. The zero-order valence-electron chi connectivity index (χ0n) is 9.33. The zero-order chi connectivity index (χ0) is 11.7. The van der Waals surface area contributed by atoms with Crippen molar-refractivity contribution < 1.29 is 4.79 Å². The summed E-state index contributed by atoms with van der Waals surface area (Å²) in [6.07, 6.45) is 1.58. The van der Waals surface area contributed by atoms with E-state index in [4.69, 9.17) is 11.6 Å². The molecule has 2 amide bonds. The summed E-state index contributed by atoms with van der Waals surface area (Å²) in [7, 11) is 0. The van der Waals surface area contributed by atoms with Crippen molar-refractivity contribution in [2.24, 2.45) is 5.92 Å². The third kappa shape index (κ3) is 2.27. The minimum Gasteiger partial charge on any atom is -0.324 e. The standard InChI is InChI=1S/C11H14ClN3O/c1-7-5-15(6-7)11(16)14-9-4-13-10(12)3-8(9)2/h3-4,7H,5-6H2,1-2H3,(H,14,16). The van der Waals surface area contributed by atoms with Gasteiger partial charge in [0, 0.05) is 13.1 Å². The lowest BCUT2D eigenvalue weighted by Crippen LogP contribution is -2.50. The van der Waals surface area contributed by atoms with E-state index in [1.54, 1.807) is 17.2 Å². The largest absolute Gasteiger partial charge is 0.324 e. The molecule has 0 spiro atoms. The lowest BCUT2D eigenvalue weighted by atomic mass is 10.0. The van der Waals surface area contributed by atoms with Crippen LogP contribution in [0.15, 0.2) is 12.3 Å². The van der Waals surface area contributed by atoms with Crippen LogP contribution < -0.4 is 5.32 Å². The van der Waals surface area contributed by atoms with Crippen LogP contribution in [0.25, 0.3) is 0 Å². The number of nitrogens with zero attached hydrogens (tertiary/aromatic N) is 2. The number of likely N-dealkylation sites (tertiary alicyclic amines) is 1. The molecule has 1 aromatic heterocycles. The van der Waals surface area contributed by atoms with Gasteiger partial charge in [-0.15, -0.1) is 0 Å². The smallest absolute Gasteiger partial charge is 0.321 e. The molecular formula is C11H14ClN3O. The Bertz CT molecular complexity index is 416. The number of amides is 2. The molecule has 0 aromatic carbocycles. The molecular weight excluding hydrogens is 226 g/mol. The van der Waals surface area contributed by atoms with Gasteiger partial charge in [-0.25, -0.2) is 9.78 Å². The van der Waals surface area contributed by atoms with Crippen LogP contribution in [0.4, 0.5) is 10.5 Å². The fourth-order valence-corrected chi connectivity index (χ4v) is 1.92. The van der Waals surface area contributed by atoms with Crippen LogP contribution in [0, 0.1) is 12.8 Å². The maximum atomic E-state index is 11.7. The SMILES string of the molecule is Cc1cc(Cl)ncc1NC(=O)N1CC(C)C1.